The van der Waals surface area contributed by atoms with Crippen LogP contribution in [0.4, 0.5) is 32.0 Å². The number of carbonyl (C=O) groups is 1. The fraction of sp³-hybridized carbons (Fsp3) is 0.190. The van der Waals surface area contributed by atoms with Crippen molar-refractivity contribution in [2.75, 3.05) is 5.32 Å². The van der Waals surface area contributed by atoms with Gasteiger partial charge >= 0.3 is 12.4 Å². The number of hydrogen-bond acceptors (Lipinski definition) is 6. The summed E-state index contributed by atoms with van der Waals surface area (Å²) in [4.78, 5) is 20.4. The van der Waals surface area contributed by atoms with Crippen LogP contribution in [0.1, 0.15) is 40.1 Å². The summed E-state index contributed by atoms with van der Waals surface area (Å²) in [5, 5.41) is 10.0. The third-order valence-corrected chi connectivity index (χ3v) is 4.92. The van der Waals surface area contributed by atoms with Crippen LogP contribution in [0.15, 0.2) is 59.6 Å². The lowest BCUT2D eigenvalue weighted by molar-refractivity contribution is -0.143. The number of halogens is 6. The summed E-state index contributed by atoms with van der Waals surface area (Å²) in [6.07, 6.45) is -4.60. The van der Waals surface area contributed by atoms with Crippen molar-refractivity contribution in [2.45, 2.75) is 25.3 Å². The predicted molar refractivity (Wildman–Crippen MR) is 108 cm³/mol. The first-order chi connectivity index (χ1) is 16.4. The Bertz CT molecular complexity index is 1350. The van der Waals surface area contributed by atoms with E-state index in [9.17, 15) is 31.1 Å². The molecule has 0 aliphatic carbocycles. The monoisotopic (exact) mass is 496 g/mol. The van der Waals surface area contributed by atoms with Gasteiger partial charge in [-0.15, -0.1) is 0 Å². The first kappa shape index (κ1) is 23.9. The van der Waals surface area contributed by atoms with Gasteiger partial charge in [-0.2, -0.15) is 31.4 Å². The lowest BCUT2D eigenvalue weighted by atomic mass is 9.98. The molecule has 1 atom stereocenters. The average Bonchev–Trinajstić information content (AvgIpc) is 3.48. The van der Waals surface area contributed by atoms with E-state index in [-0.39, 0.29) is 29.0 Å². The predicted octanol–water partition coefficient (Wildman–Crippen LogP) is 5.23. The summed E-state index contributed by atoms with van der Waals surface area (Å²) in [6, 6.07) is 3.19. The Morgan fingerprint density at radius 1 is 1.06 bits per heavy atom. The maximum atomic E-state index is 13.5. The van der Waals surface area contributed by atoms with Crippen LogP contribution < -0.4 is 5.32 Å². The fourth-order valence-corrected chi connectivity index (χ4v) is 3.21. The van der Waals surface area contributed by atoms with Crippen LogP contribution >= 0.6 is 0 Å². The number of benzene rings is 1. The summed E-state index contributed by atoms with van der Waals surface area (Å²) in [5.41, 5.74) is -3.27. The maximum Gasteiger partial charge on any atom is 0.416 e. The van der Waals surface area contributed by atoms with Crippen LogP contribution in [0, 0.1) is 0 Å². The van der Waals surface area contributed by atoms with E-state index in [1.54, 1.807) is 6.07 Å². The van der Waals surface area contributed by atoms with E-state index in [1.807, 2.05) is 0 Å². The zero-order chi connectivity index (χ0) is 25.4. The molecule has 3 heterocycles. The molecule has 0 spiro atoms. The van der Waals surface area contributed by atoms with Gasteiger partial charge in [0, 0.05) is 24.7 Å². The minimum absolute atomic E-state index is 0.0661. The largest absolute Gasteiger partial charge is 0.416 e. The van der Waals surface area contributed by atoms with E-state index in [0.29, 0.717) is 6.07 Å². The van der Waals surface area contributed by atoms with Gasteiger partial charge in [0.25, 0.3) is 5.91 Å². The van der Waals surface area contributed by atoms with E-state index in [4.69, 9.17) is 4.52 Å². The van der Waals surface area contributed by atoms with E-state index < -0.39 is 41.0 Å². The van der Waals surface area contributed by atoms with E-state index in [2.05, 4.69) is 25.5 Å². The molecule has 0 aliphatic heterocycles. The number of rotatable bonds is 5. The molecule has 1 amide bonds. The van der Waals surface area contributed by atoms with Gasteiger partial charge in [-0.05, 0) is 30.7 Å². The van der Waals surface area contributed by atoms with Crippen molar-refractivity contribution in [1.82, 2.24) is 24.9 Å². The van der Waals surface area contributed by atoms with Crippen LogP contribution in [0.5, 0.6) is 0 Å². The van der Waals surface area contributed by atoms with Gasteiger partial charge in [0.2, 0.25) is 5.76 Å². The minimum atomic E-state index is -5.03. The van der Waals surface area contributed by atoms with Crippen molar-refractivity contribution in [3.05, 3.63) is 77.5 Å². The van der Waals surface area contributed by atoms with E-state index in [1.165, 1.54) is 37.8 Å². The molecule has 14 heteroatoms. The Labute approximate surface area is 192 Å². The van der Waals surface area contributed by atoms with E-state index >= 15 is 0 Å². The molecule has 1 N–H and O–H groups in total. The summed E-state index contributed by atoms with van der Waals surface area (Å²) in [6.45, 7) is 1.33. The maximum absolute atomic E-state index is 13.5. The number of alkyl halides is 6. The highest BCUT2D eigenvalue weighted by Crippen LogP contribution is 2.39. The second kappa shape index (κ2) is 8.85. The molecule has 182 valence electrons. The Kier molecular flexibility index (Phi) is 6.05. The lowest BCUT2D eigenvalue weighted by Gasteiger charge is -2.20. The summed E-state index contributed by atoms with van der Waals surface area (Å²) >= 11 is 0. The molecule has 0 saturated carbocycles. The van der Waals surface area contributed by atoms with Crippen LogP contribution in [0.25, 0.3) is 11.6 Å². The fourth-order valence-electron chi connectivity index (χ4n) is 3.21. The van der Waals surface area contributed by atoms with Crippen molar-refractivity contribution in [3.63, 3.8) is 0 Å². The molecule has 3 aromatic heterocycles. The molecule has 0 aliphatic rings. The van der Waals surface area contributed by atoms with Gasteiger partial charge in [0.05, 0.1) is 29.1 Å². The highest BCUT2D eigenvalue weighted by Gasteiger charge is 2.39. The molecule has 8 nitrogen and oxygen atoms in total. The van der Waals surface area contributed by atoms with Gasteiger partial charge in [0.15, 0.2) is 11.5 Å². The topological polar surface area (TPSA) is 98.7 Å². The standard InChI is InChI=1S/C21H14F6N6O2/c1-11(14-4-3-12(20(22,23)24)7-15(14)21(25,26)27)33-10-13(9-30-33)31-19(34)16-8-17(35-32-16)18-28-5-2-6-29-18/h2-11H,1H3,(H,31,34). The first-order valence-corrected chi connectivity index (χ1v) is 9.81. The average molecular weight is 496 g/mol. The third kappa shape index (κ3) is 5.15. The van der Waals surface area contributed by atoms with Crippen LogP contribution in [-0.4, -0.2) is 30.8 Å². The Morgan fingerprint density at radius 2 is 1.77 bits per heavy atom. The van der Waals surface area contributed by atoms with Crippen molar-refractivity contribution < 1.29 is 35.7 Å². The lowest BCUT2D eigenvalue weighted by Crippen LogP contribution is -2.17. The van der Waals surface area contributed by atoms with Crippen molar-refractivity contribution in [2.24, 2.45) is 0 Å². The first-order valence-electron chi connectivity index (χ1n) is 9.81. The molecule has 0 radical (unpaired) electrons. The molecule has 4 rings (SSSR count). The molecule has 0 saturated heterocycles. The number of nitrogens with one attached hydrogen (secondary N) is 1. The Balaban J connectivity index is 1.54. The summed E-state index contributed by atoms with van der Waals surface area (Å²) < 4.78 is 85.4. The normalized spacial score (nSPS) is 13.0. The number of nitrogens with zero attached hydrogens (tertiary/aromatic N) is 5. The zero-order valence-electron chi connectivity index (χ0n) is 17.6. The van der Waals surface area contributed by atoms with Gasteiger partial charge in [-0.3, -0.25) is 9.48 Å². The highest BCUT2D eigenvalue weighted by atomic mass is 19.4. The molecule has 0 bridgehead atoms. The number of amides is 1. The number of hydrogen-bond donors (Lipinski definition) is 1. The molecule has 1 aromatic carbocycles. The quantitative estimate of drug-likeness (QED) is 0.380. The van der Waals surface area contributed by atoms with Gasteiger partial charge in [-0.1, -0.05) is 11.2 Å². The van der Waals surface area contributed by atoms with Gasteiger partial charge < -0.3 is 9.84 Å². The molecule has 4 aromatic rings. The van der Waals surface area contributed by atoms with Crippen molar-refractivity contribution in [3.8, 4) is 11.6 Å². The van der Waals surface area contributed by atoms with Crippen molar-refractivity contribution in [1.29, 1.82) is 0 Å². The second-order valence-electron chi connectivity index (χ2n) is 7.29. The van der Waals surface area contributed by atoms with Gasteiger partial charge in [-0.25, -0.2) is 9.97 Å². The summed E-state index contributed by atoms with van der Waals surface area (Å²) in [7, 11) is 0. The highest BCUT2D eigenvalue weighted by molar-refractivity contribution is 6.03. The van der Waals surface area contributed by atoms with Crippen LogP contribution in [0.3, 0.4) is 0 Å². The minimum Gasteiger partial charge on any atom is -0.352 e. The smallest absolute Gasteiger partial charge is 0.352 e. The van der Waals surface area contributed by atoms with Crippen molar-refractivity contribution >= 4 is 11.6 Å². The molecule has 0 fully saturated rings. The van der Waals surface area contributed by atoms with Crippen LogP contribution in [0.2, 0.25) is 0 Å². The zero-order valence-corrected chi connectivity index (χ0v) is 17.6. The van der Waals surface area contributed by atoms with E-state index in [0.717, 1.165) is 10.7 Å². The Hall–Kier alpha value is -4.23. The van der Waals surface area contributed by atoms with Gasteiger partial charge in [0.1, 0.15) is 0 Å². The van der Waals surface area contributed by atoms with Crippen LogP contribution in [-0.2, 0) is 12.4 Å². The third-order valence-electron chi connectivity index (χ3n) is 4.92. The molecular weight excluding hydrogens is 482 g/mol. The summed E-state index contributed by atoms with van der Waals surface area (Å²) in [5.74, 6) is -0.353. The number of carbonyl (C=O) groups excluding carboxylic acids is 1. The SMILES string of the molecule is CC(c1ccc(C(F)(F)F)cc1C(F)(F)F)n1cc(NC(=O)c2cc(-c3ncccn3)on2)cn1. The Morgan fingerprint density at radius 3 is 2.43 bits per heavy atom. The molecule has 35 heavy (non-hydrogen) atoms. The molecule has 1 unspecified atom stereocenters. The number of aromatic nitrogens is 5. The second-order valence-corrected chi connectivity index (χ2v) is 7.29. The molecular formula is C21H14F6N6O2. The number of anilines is 1.